The molecule has 0 amide bonds. The summed E-state index contributed by atoms with van der Waals surface area (Å²) in [5, 5.41) is 1.25. The maximum absolute atomic E-state index is 4.65. The fraction of sp³-hybridized carbons (Fsp3) is 0.632. The highest BCUT2D eigenvalue weighted by Gasteiger charge is 2.48. The van der Waals surface area contributed by atoms with Crippen molar-refractivity contribution in [1.29, 1.82) is 0 Å². The van der Waals surface area contributed by atoms with E-state index in [0.29, 0.717) is 11.3 Å². The standard InChI is InChI=1S/C19H25N5S/c1-2-15-7-16-17(21-13-22-18(16)25-15)24-6-4-19(12-24)10-23(11-19)9-14-3-5-20-8-14/h7-8,13-14H,2-6,9-12H2,1H3. The predicted octanol–water partition coefficient (Wildman–Crippen LogP) is 2.86. The second-order valence-corrected chi connectivity index (χ2v) is 9.04. The number of thiophene rings is 1. The Morgan fingerprint density at radius 1 is 1.28 bits per heavy atom. The lowest BCUT2D eigenvalue weighted by atomic mass is 9.78. The van der Waals surface area contributed by atoms with E-state index in [1.54, 1.807) is 6.33 Å². The van der Waals surface area contributed by atoms with Crippen LogP contribution in [0.5, 0.6) is 0 Å². The van der Waals surface area contributed by atoms with E-state index in [4.69, 9.17) is 0 Å². The first-order valence-corrected chi connectivity index (χ1v) is 10.3. The van der Waals surface area contributed by atoms with Crippen LogP contribution >= 0.6 is 11.3 Å². The normalized spacial score (nSPS) is 25.3. The van der Waals surface area contributed by atoms with E-state index in [1.165, 1.54) is 42.7 Å². The number of hydrogen-bond acceptors (Lipinski definition) is 6. The molecule has 0 saturated carbocycles. The molecule has 5 heterocycles. The summed E-state index contributed by atoms with van der Waals surface area (Å²) in [7, 11) is 0. The van der Waals surface area contributed by atoms with Gasteiger partial charge in [-0.2, -0.15) is 0 Å². The van der Waals surface area contributed by atoms with E-state index in [1.807, 2.05) is 11.3 Å². The fourth-order valence-electron chi connectivity index (χ4n) is 4.73. The smallest absolute Gasteiger partial charge is 0.140 e. The average molecular weight is 356 g/mol. The van der Waals surface area contributed by atoms with Crippen LogP contribution < -0.4 is 4.90 Å². The Balaban J connectivity index is 1.28. The lowest BCUT2D eigenvalue weighted by Crippen LogP contribution is -2.58. The number of likely N-dealkylation sites (tertiary alicyclic amines) is 1. The van der Waals surface area contributed by atoms with Gasteiger partial charge < -0.3 is 9.80 Å². The van der Waals surface area contributed by atoms with Gasteiger partial charge in [0.25, 0.3) is 0 Å². The van der Waals surface area contributed by atoms with Crippen LogP contribution in [0.3, 0.4) is 0 Å². The zero-order valence-electron chi connectivity index (χ0n) is 14.8. The molecule has 1 atom stereocenters. The van der Waals surface area contributed by atoms with Gasteiger partial charge in [-0.15, -0.1) is 11.3 Å². The Morgan fingerprint density at radius 2 is 2.20 bits per heavy atom. The van der Waals surface area contributed by atoms with Gasteiger partial charge in [-0.3, -0.25) is 4.99 Å². The van der Waals surface area contributed by atoms with Gasteiger partial charge in [-0.05, 0) is 25.3 Å². The highest BCUT2D eigenvalue weighted by molar-refractivity contribution is 7.18. The summed E-state index contributed by atoms with van der Waals surface area (Å²) in [5.74, 6) is 1.84. The van der Waals surface area contributed by atoms with Crippen LogP contribution in [-0.4, -0.2) is 60.4 Å². The van der Waals surface area contributed by atoms with Crippen LogP contribution in [0, 0.1) is 11.3 Å². The van der Waals surface area contributed by atoms with Gasteiger partial charge in [0.05, 0.1) is 5.39 Å². The zero-order valence-corrected chi connectivity index (χ0v) is 15.6. The maximum Gasteiger partial charge on any atom is 0.140 e. The first kappa shape index (κ1) is 15.7. The van der Waals surface area contributed by atoms with Gasteiger partial charge in [-0.25, -0.2) is 9.97 Å². The van der Waals surface area contributed by atoms with Crippen molar-refractivity contribution in [2.24, 2.45) is 16.3 Å². The van der Waals surface area contributed by atoms with E-state index in [9.17, 15) is 0 Å². The molecule has 2 aromatic rings. The van der Waals surface area contributed by atoms with Gasteiger partial charge in [0, 0.05) is 61.7 Å². The lowest BCUT2D eigenvalue weighted by Gasteiger charge is -2.48. The molecule has 5 rings (SSSR count). The van der Waals surface area contributed by atoms with Crippen molar-refractivity contribution in [3.63, 3.8) is 0 Å². The van der Waals surface area contributed by atoms with E-state index in [-0.39, 0.29) is 0 Å². The van der Waals surface area contributed by atoms with Gasteiger partial charge in [0.2, 0.25) is 0 Å². The minimum absolute atomic E-state index is 0.483. The molecule has 0 radical (unpaired) electrons. The molecule has 3 aliphatic rings. The summed E-state index contributed by atoms with van der Waals surface area (Å²) in [5.41, 5.74) is 0.483. The molecule has 5 nitrogen and oxygen atoms in total. The zero-order chi connectivity index (χ0) is 16.9. The van der Waals surface area contributed by atoms with E-state index < -0.39 is 0 Å². The van der Waals surface area contributed by atoms with Gasteiger partial charge in [-0.1, -0.05) is 6.92 Å². The van der Waals surface area contributed by atoms with Crippen molar-refractivity contribution < 1.29 is 0 Å². The highest BCUT2D eigenvalue weighted by atomic mass is 32.1. The molecule has 2 saturated heterocycles. The van der Waals surface area contributed by atoms with Gasteiger partial charge in [0.1, 0.15) is 17.0 Å². The number of fused-ring (bicyclic) bond motifs is 1. The Labute approximate surface area is 152 Å². The number of rotatable bonds is 4. The summed E-state index contributed by atoms with van der Waals surface area (Å²) in [6.45, 7) is 9.20. The predicted molar refractivity (Wildman–Crippen MR) is 104 cm³/mol. The van der Waals surface area contributed by atoms with Crippen molar-refractivity contribution in [3.05, 3.63) is 17.3 Å². The molecule has 25 heavy (non-hydrogen) atoms. The van der Waals surface area contributed by atoms with Crippen molar-refractivity contribution in [2.45, 2.75) is 26.2 Å². The first-order valence-electron chi connectivity index (χ1n) is 9.45. The number of nitrogens with zero attached hydrogens (tertiary/aromatic N) is 5. The van der Waals surface area contributed by atoms with E-state index in [0.717, 1.165) is 36.7 Å². The second kappa shape index (κ2) is 6.02. The van der Waals surface area contributed by atoms with Crippen molar-refractivity contribution in [1.82, 2.24) is 14.9 Å². The summed E-state index contributed by atoms with van der Waals surface area (Å²) >= 11 is 1.81. The molecular formula is C19H25N5S. The number of aryl methyl sites for hydroxylation is 1. The molecule has 0 bridgehead atoms. The Kier molecular flexibility index (Phi) is 3.78. The van der Waals surface area contributed by atoms with Crippen molar-refractivity contribution >= 4 is 33.6 Å². The topological polar surface area (TPSA) is 44.6 Å². The number of aliphatic imine (C=N–C) groups is 1. The molecule has 1 unspecified atom stereocenters. The average Bonchev–Trinajstić information content (AvgIpc) is 3.32. The third kappa shape index (κ3) is 2.75. The van der Waals surface area contributed by atoms with Crippen LogP contribution in [0.1, 0.15) is 24.6 Å². The van der Waals surface area contributed by atoms with Crippen LogP contribution in [-0.2, 0) is 6.42 Å². The molecule has 132 valence electrons. The van der Waals surface area contributed by atoms with Crippen LogP contribution in [0.25, 0.3) is 10.2 Å². The number of aromatic nitrogens is 2. The molecule has 3 aliphatic heterocycles. The third-order valence-corrected chi connectivity index (χ3v) is 7.19. The lowest BCUT2D eigenvalue weighted by molar-refractivity contribution is 0.0130. The summed E-state index contributed by atoms with van der Waals surface area (Å²) < 4.78 is 0. The molecular weight excluding hydrogens is 330 g/mol. The Bertz CT molecular complexity index is 807. The minimum Gasteiger partial charge on any atom is -0.355 e. The fourth-order valence-corrected chi connectivity index (χ4v) is 5.66. The monoisotopic (exact) mass is 355 g/mol. The van der Waals surface area contributed by atoms with Crippen LogP contribution in [0.2, 0.25) is 0 Å². The second-order valence-electron chi connectivity index (χ2n) is 7.93. The van der Waals surface area contributed by atoms with E-state index >= 15 is 0 Å². The minimum atomic E-state index is 0.483. The highest BCUT2D eigenvalue weighted by Crippen LogP contribution is 2.42. The van der Waals surface area contributed by atoms with E-state index in [2.05, 4.69) is 44.0 Å². The molecule has 2 aromatic heterocycles. The van der Waals surface area contributed by atoms with Gasteiger partial charge >= 0.3 is 0 Å². The van der Waals surface area contributed by atoms with Crippen LogP contribution in [0.4, 0.5) is 5.82 Å². The largest absolute Gasteiger partial charge is 0.355 e. The quantitative estimate of drug-likeness (QED) is 0.846. The van der Waals surface area contributed by atoms with Crippen molar-refractivity contribution in [3.8, 4) is 0 Å². The first-order chi connectivity index (χ1) is 12.2. The summed E-state index contributed by atoms with van der Waals surface area (Å²) in [4.78, 5) is 21.2. The molecule has 2 fully saturated rings. The van der Waals surface area contributed by atoms with Crippen molar-refractivity contribution in [2.75, 3.05) is 44.2 Å². The Morgan fingerprint density at radius 3 is 3.00 bits per heavy atom. The summed E-state index contributed by atoms with van der Waals surface area (Å²) in [6.07, 6.45) is 7.52. The summed E-state index contributed by atoms with van der Waals surface area (Å²) in [6, 6.07) is 2.30. The Hall–Kier alpha value is -1.53. The maximum atomic E-state index is 4.65. The van der Waals surface area contributed by atoms with Gasteiger partial charge in [0.15, 0.2) is 0 Å². The molecule has 0 aromatic carbocycles. The third-order valence-electron chi connectivity index (χ3n) is 6.00. The number of anilines is 1. The SMILES string of the molecule is CCc1cc2c(N3CCC4(CN(CC5C=NCC5)C4)C3)ncnc2s1. The molecule has 0 N–H and O–H groups in total. The molecule has 0 aliphatic carbocycles. The number of hydrogen-bond donors (Lipinski definition) is 0. The van der Waals surface area contributed by atoms with Crippen LogP contribution in [0.15, 0.2) is 17.4 Å². The molecule has 6 heteroatoms. The molecule has 1 spiro atoms.